The summed E-state index contributed by atoms with van der Waals surface area (Å²) >= 11 is 0. The maximum Gasteiger partial charge on any atom is 0.307 e. The number of likely N-dealkylation sites (N-methyl/N-ethyl adjacent to an activating group) is 1. The maximum absolute atomic E-state index is 13.1. The SMILES string of the molecule is CCCCCCCCC(CCCCCC)COC(=O)CCN(CCCCN1CCN(C)CC1)CCC(=O)OCC(CCCCCC)CCCCCCCC. The van der Waals surface area contributed by atoms with Crippen LogP contribution in [0.15, 0.2) is 0 Å². The van der Waals surface area contributed by atoms with Crippen molar-refractivity contribution in [3.8, 4) is 0 Å². The second-order valence-corrected chi connectivity index (χ2v) is 17.1. The first-order chi connectivity index (χ1) is 26.4. The van der Waals surface area contributed by atoms with Crippen molar-refractivity contribution in [1.29, 1.82) is 0 Å². The third kappa shape index (κ3) is 31.0. The van der Waals surface area contributed by atoms with Gasteiger partial charge in [0.25, 0.3) is 0 Å². The van der Waals surface area contributed by atoms with Crippen LogP contribution in [0, 0.1) is 11.8 Å². The zero-order chi connectivity index (χ0) is 39.3. The summed E-state index contributed by atoms with van der Waals surface area (Å²) in [5.74, 6) is 0.798. The van der Waals surface area contributed by atoms with E-state index in [1.165, 1.54) is 154 Å². The Morgan fingerprint density at radius 3 is 1.26 bits per heavy atom. The van der Waals surface area contributed by atoms with E-state index >= 15 is 0 Å². The summed E-state index contributed by atoms with van der Waals surface area (Å²) in [5, 5.41) is 0. The normalized spacial score (nSPS) is 15.1. The van der Waals surface area contributed by atoms with Crippen LogP contribution in [0.4, 0.5) is 0 Å². The smallest absolute Gasteiger partial charge is 0.307 e. The van der Waals surface area contributed by atoms with Gasteiger partial charge in [0.15, 0.2) is 0 Å². The highest BCUT2D eigenvalue weighted by Crippen LogP contribution is 2.21. The number of ether oxygens (including phenoxy) is 2. The molecule has 2 atom stereocenters. The Bertz CT molecular complexity index is 782. The molecule has 0 saturated carbocycles. The van der Waals surface area contributed by atoms with Crippen molar-refractivity contribution in [3.05, 3.63) is 0 Å². The Hall–Kier alpha value is -1.18. The van der Waals surface area contributed by atoms with Gasteiger partial charge in [-0.3, -0.25) is 9.59 Å². The molecular formula is C47H93N3O4. The maximum atomic E-state index is 13.1. The van der Waals surface area contributed by atoms with E-state index < -0.39 is 0 Å². The highest BCUT2D eigenvalue weighted by Gasteiger charge is 2.18. The Kier molecular flexibility index (Phi) is 35.2. The molecule has 2 unspecified atom stereocenters. The molecule has 0 N–H and O–H groups in total. The molecule has 0 radical (unpaired) electrons. The zero-order valence-corrected chi connectivity index (χ0v) is 37.0. The molecule has 0 aromatic rings. The first-order valence-electron chi connectivity index (χ1n) is 23.9. The number of piperazine rings is 1. The van der Waals surface area contributed by atoms with Crippen LogP contribution in [0.1, 0.15) is 207 Å². The molecule has 320 valence electrons. The first kappa shape index (κ1) is 50.8. The Balaban J connectivity index is 2.63. The van der Waals surface area contributed by atoms with E-state index in [9.17, 15) is 9.59 Å². The van der Waals surface area contributed by atoms with Crippen LogP contribution in [0.25, 0.3) is 0 Å². The first-order valence-corrected chi connectivity index (χ1v) is 23.9. The van der Waals surface area contributed by atoms with Crippen LogP contribution >= 0.6 is 0 Å². The summed E-state index contributed by atoms with van der Waals surface area (Å²) in [6.07, 6.45) is 33.5. The van der Waals surface area contributed by atoms with Gasteiger partial charge < -0.3 is 24.2 Å². The molecule has 0 bridgehead atoms. The molecule has 54 heavy (non-hydrogen) atoms. The Labute approximate surface area is 336 Å². The summed E-state index contributed by atoms with van der Waals surface area (Å²) in [7, 11) is 2.21. The molecule has 0 aromatic heterocycles. The number of carbonyl (C=O) groups is 2. The molecule has 0 aromatic carbocycles. The fourth-order valence-electron chi connectivity index (χ4n) is 7.91. The number of unbranched alkanes of at least 4 members (excludes halogenated alkanes) is 17. The van der Waals surface area contributed by atoms with Crippen LogP contribution in [0.5, 0.6) is 0 Å². The predicted molar refractivity (Wildman–Crippen MR) is 231 cm³/mol. The van der Waals surface area contributed by atoms with Crippen LogP contribution in [0.2, 0.25) is 0 Å². The van der Waals surface area contributed by atoms with Gasteiger partial charge in [0.2, 0.25) is 0 Å². The molecule has 1 aliphatic heterocycles. The van der Waals surface area contributed by atoms with Crippen molar-refractivity contribution in [1.82, 2.24) is 14.7 Å². The third-order valence-corrected chi connectivity index (χ3v) is 11.9. The number of nitrogens with zero attached hydrogens (tertiary/aromatic N) is 3. The van der Waals surface area contributed by atoms with Gasteiger partial charge in [0, 0.05) is 39.3 Å². The molecule has 7 heteroatoms. The van der Waals surface area contributed by atoms with Gasteiger partial charge in [-0.15, -0.1) is 0 Å². The highest BCUT2D eigenvalue weighted by molar-refractivity contribution is 5.70. The predicted octanol–water partition coefficient (Wildman–Crippen LogP) is 11.9. The average molecular weight is 764 g/mol. The van der Waals surface area contributed by atoms with Gasteiger partial charge in [-0.2, -0.15) is 0 Å². The standard InChI is InChI=1S/C47H93N3O4/c1-6-10-14-18-20-24-30-44(28-22-16-12-8-3)42-53-46(51)32-36-49(34-26-27-35-50-40-38-48(5)39-41-50)37-33-47(52)54-43-45(29-23-17-13-9-4)31-25-21-19-15-11-7-2/h44-45H,6-43H2,1-5H3. The van der Waals surface area contributed by atoms with E-state index in [-0.39, 0.29) is 11.9 Å². The monoisotopic (exact) mass is 764 g/mol. The minimum absolute atomic E-state index is 0.0814. The molecule has 0 spiro atoms. The van der Waals surface area contributed by atoms with E-state index in [4.69, 9.17) is 9.47 Å². The van der Waals surface area contributed by atoms with Gasteiger partial charge in [0.05, 0.1) is 26.1 Å². The summed E-state index contributed by atoms with van der Waals surface area (Å²) in [5.41, 5.74) is 0. The third-order valence-electron chi connectivity index (χ3n) is 11.9. The van der Waals surface area contributed by atoms with Crippen molar-refractivity contribution in [2.75, 3.05) is 72.6 Å². The topological polar surface area (TPSA) is 62.3 Å². The number of hydrogen-bond acceptors (Lipinski definition) is 7. The highest BCUT2D eigenvalue weighted by atomic mass is 16.5. The molecule has 1 saturated heterocycles. The van der Waals surface area contributed by atoms with Gasteiger partial charge in [-0.25, -0.2) is 0 Å². The van der Waals surface area contributed by atoms with Crippen molar-refractivity contribution >= 4 is 11.9 Å². The number of hydrogen-bond donors (Lipinski definition) is 0. The Morgan fingerprint density at radius 1 is 0.481 bits per heavy atom. The van der Waals surface area contributed by atoms with Crippen molar-refractivity contribution in [2.24, 2.45) is 11.8 Å². The second kappa shape index (κ2) is 37.4. The second-order valence-electron chi connectivity index (χ2n) is 17.1. The molecule has 1 aliphatic rings. The van der Waals surface area contributed by atoms with E-state index in [2.05, 4.69) is 49.4 Å². The van der Waals surface area contributed by atoms with Gasteiger partial charge in [-0.1, -0.05) is 156 Å². The zero-order valence-electron chi connectivity index (χ0n) is 37.0. The fourth-order valence-corrected chi connectivity index (χ4v) is 7.91. The Morgan fingerprint density at radius 2 is 0.852 bits per heavy atom. The van der Waals surface area contributed by atoms with Gasteiger partial charge in [-0.05, 0) is 70.5 Å². The molecule has 0 aliphatic carbocycles. The van der Waals surface area contributed by atoms with E-state index in [1.807, 2.05) is 0 Å². The molecule has 1 heterocycles. The summed E-state index contributed by atoms with van der Waals surface area (Å²) in [4.78, 5) is 33.5. The summed E-state index contributed by atoms with van der Waals surface area (Å²) in [6, 6.07) is 0. The minimum atomic E-state index is -0.0814. The summed E-state index contributed by atoms with van der Waals surface area (Å²) < 4.78 is 11.9. The van der Waals surface area contributed by atoms with Crippen LogP contribution in [-0.4, -0.2) is 99.3 Å². The van der Waals surface area contributed by atoms with E-state index in [0.717, 1.165) is 52.1 Å². The number of esters is 2. The lowest BCUT2D eigenvalue weighted by Crippen LogP contribution is -2.44. The van der Waals surface area contributed by atoms with Crippen molar-refractivity contribution in [2.45, 2.75) is 207 Å². The summed E-state index contributed by atoms with van der Waals surface area (Å²) in [6.45, 7) is 18.1. The minimum Gasteiger partial charge on any atom is -0.465 e. The van der Waals surface area contributed by atoms with Crippen LogP contribution < -0.4 is 0 Å². The van der Waals surface area contributed by atoms with Crippen molar-refractivity contribution < 1.29 is 19.1 Å². The molecule has 0 amide bonds. The lowest BCUT2D eigenvalue weighted by atomic mass is 9.95. The van der Waals surface area contributed by atoms with E-state index in [1.54, 1.807) is 0 Å². The van der Waals surface area contributed by atoms with E-state index in [0.29, 0.717) is 51.0 Å². The van der Waals surface area contributed by atoms with Gasteiger partial charge in [0.1, 0.15) is 0 Å². The fraction of sp³-hybridized carbons (Fsp3) is 0.957. The molecular weight excluding hydrogens is 671 g/mol. The largest absolute Gasteiger partial charge is 0.465 e. The lowest BCUT2D eigenvalue weighted by molar-refractivity contribution is -0.145. The average Bonchev–Trinajstić information content (AvgIpc) is 3.18. The molecule has 1 rings (SSSR count). The quantitative estimate of drug-likeness (QED) is 0.0456. The lowest BCUT2D eigenvalue weighted by Gasteiger charge is -2.32. The number of carbonyl (C=O) groups excluding carboxylic acids is 2. The van der Waals surface area contributed by atoms with Crippen LogP contribution in [-0.2, 0) is 19.1 Å². The van der Waals surface area contributed by atoms with Crippen LogP contribution in [0.3, 0.4) is 0 Å². The van der Waals surface area contributed by atoms with Gasteiger partial charge >= 0.3 is 11.9 Å². The molecule has 1 fully saturated rings. The number of rotatable bonds is 39. The van der Waals surface area contributed by atoms with Crippen molar-refractivity contribution in [3.63, 3.8) is 0 Å². The molecule has 7 nitrogen and oxygen atoms in total.